The highest BCUT2D eigenvalue weighted by atomic mass is 35.5. The minimum absolute atomic E-state index is 0.0377. The van der Waals surface area contributed by atoms with E-state index in [4.69, 9.17) is 11.6 Å². The first-order valence-electron chi connectivity index (χ1n) is 9.24. The quantitative estimate of drug-likeness (QED) is 0.602. The van der Waals surface area contributed by atoms with Gasteiger partial charge in [0.2, 0.25) is 5.91 Å². The van der Waals surface area contributed by atoms with Gasteiger partial charge in [-0.3, -0.25) is 9.59 Å². The summed E-state index contributed by atoms with van der Waals surface area (Å²) >= 11 is 7.69. The third-order valence-corrected chi connectivity index (χ3v) is 5.84. The Morgan fingerprint density at radius 1 is 1.17 bits per heavy atom. The number of hydrogen-bond acceptors (Lipinski definition) is 4. The van der Waals surface area contributed by atoms with E-state index >= 15 is 0 Å². The average molecular weight is 445 g/mol. The molecule has 0 saturated heterocycles. The zero-order valence-corrected chi connectivity index (χ0v) is 17.4. The van der Waals surface area contributed by atoms with Crippen molar-refractivity contribution >= 4 is 41.0 Å². The predicted molar refractivity (Wildman–Crippen MR) is 115 cm³/mol. The van der Waals surface area contributed by atoms with Crippen molar-refractivity contribution in [2.24, 2.45) is 0 Å². The summed E-state index contributed by atoms with van der Waals surface area (Å²) < 4.78 is 14.5. The maximum Gasteiger partial charge on any atom is 0.256 e. The van der Waals surface area contributed by atoms with Crippen molar-refractivity contribution in [3.63, 3.8) is 0 Å². The number of thioether (sulfide) groups is 1. The molecule has 0 spiro atoms. The minimum Gasteiger partial charge on any atom is -0.350 e. The zero-order chi connectivity index (χ0) is 21.1. The van der Waals surface area contributed by atoms with E-state index in [-0.39, 0.29) is 30.7 Å². The van der Waals surface area contributed by atoms with Crippen molar-refractivity contribution in [1.29, 1.82) is 0 Å². The first-order valence-corrected chi connectivity index (χ1v) is 10.8. The lowest BCUT2D eigenvalue weighted by Gasteiger charge is -2.12. The van der Waals surface area contributed by atoms with Gasteiger partial charge >= 0.3 is 0 Å². The van der Waals surface area contributed by atoms with E-state index in [0.29, 0.717) is 16.4 Å². The molecule has 1 aromatic heterocycles. The standard InChI is InChI=1S/C21H18ClFN4O2S/c22-15-3-1-2-14(8-15)21(29)25-20-17-11-30-12-18(17)26-27(20)10-19(28)24-9-13-4-6-16(23)7-5-13/h1-8H,9-12H2,(H,24,28)(H,25,29). The number of halogens is 2. The first kappa shape index (κ1) is 20.4. The fourth-order valence-electron chi connectivity index (χ4n) is 3.12. The summed E-state index contributed by atoms with van der Waals surface area (Å²) in [5.41, 5.74) is 3.02. The second kappa shape index (κ2) is 8.89. The molecule has 2 aromatic carbocycles. The summed E-state index contributed by atoms with van der Waals surface area (Å²) in [6.45, 7) is 0.240. The maximum atomic E-state index is 13.0. The molecule has 154 valence electrons. The normalized spacial score (nSPS) is 12.5. The van der Waals surface area contributed by atoms with Crippen LogP contribution in [0.3, 0.4) is 0 Å². The predicted octanol–water partition coefficient (Wildman–Crippen LogP) is 3.99. The number of nitrogens with zero attached hydrogens (tertiary/aromatic N) is 2. The summed E-state index contributed by atoms with van der Waals surface area (Å²) in [5, 5.41) is 10.7. The molecule has 9 heteroatoms. The van der Waals surface area contributed by atoms with Crippen molar-refractivity contribution in [2.45, 2.75) is 24.6 Å². The van der Waals surface area contributed by atoms with Gasteiger partial charge in [-0.1, -0.05) is 29.8 Å². The van der Waals surface area contributed by atoms with Crippen LogP contribution in [-0.2, 0) is 29.4 Å². The number of rotatable bonds is 6. The number of fused-ring (bicyclic) bond motifs is 1. The van der Waals surface area contributed by atoms with Gasteiger partial charge in [-0.2, -0.15) is 16.9 Å². The molecule has 0 radical (unpaired) electrons. The fourth-order valence-corrected chi connectivity index (χ4v) is 4.35. The van der Waals surface area contributed by atoms with E-state index in [1.165, 1.54) is 16.8 Å². The Balaban J connectivity index is 1.47. The van der Waals surface area contributed by atoms with E-state index in [1.807, 2.05) is 0 Å². The molecule has 0 saturated carbocycles. The van der Waals surface area contributed by atoms with Crippen LogP contribution in [0.15, 0.2) is 48.5 Å². The number of anilines is 1. The largest absolute Gasteiger partial charge is 0.350 e. The molecule has 30 heavy (non-hydrogen) atoms. The molecule has 1 aliphatic rings. The average Bonchev–Trinajstić information content (AvgIpc) is 3.30. The van der Waals surface area contributed by atoms with E-state index < -0.39 is 0 Å². The molecule has 6 nitrogen and oxygen atoms in total. The van der Waals surface area contributed by atoms with Gasteiger partial charge in [0.1, 0.15) is 18.2 Å². The minimum atomic E-state index is -0.325. The van der Waals surface area contributed by atoms with E-state index in [9.17, 15) is 14.0 Å². The summed E-state index contributed by atoms with van der Waals surface area (Å²) in [7, 11) is 0. The maximum absolute atomic E-state index is 13.0. The number of benzene rings is 2. The molecular formula is C21H18ClFN4O2S. The molecule has 2 N–H and O–H groups in total. The third kappa shape index (κ3) is 4.66. The van der Waals surface area contributed by atoms with Gasteiger partial charge < -0.3 is 10.6 Å². The van der Waals surface area contributed by atoms with Gasteiger partial charge in [-0.15, -0.1) is 0 Å². The van der Waals surface area contributed by atoms with Gasteiger partial charge in [-0.25, -0.2) is 9.07 Å². The lowest BCUT2D eigenvalue weighted by molar-refractivity contribution is -0.122. The third-order valence-electron chi connectivity index (χ3n) is 4.63. The molecule has 2 amide bonds. The summed E-state index contributed by atoms with van der Waals surface area (Å²) in [5.74, 6) is 1.08. The van der Waals surface area contributed by atoms with Crippen LogP contribution in [0.25, 0.3) is 0 Å². The highest BCUT2D eigenvalue weighted by molar-refractivity contribution is 7.98. The number of amides is 2. The topological polar surface area (TPSA) is 76.0 Å². The molecule has 4 rings (SSSR count). The van der Waals surface area contributed by atoms with Gasteiger partial charge in [0.15, 0.2) is 0 Å². The summed E-state index contributed by atoms with van der Waals surface area (Å²) in [6.07, 6.45) is 0. The highest BCUT2D eigenvalue weighted by Gasteiger charge is 2.25. The van der Waals surface area contributed by atoms with Crippen LogP contribution in [-0.4, -0.2) is 21.6 Å². The van der Waals surface area contributed by atoms with Crippen molar-refractivity contribution in [3.05, 3.63) is 81.8 Å². The van der Waals surface area contributed by atoms with Crippen LogP contribution in [0.1, 0.15) is 27.2 Å². The number of aromatic nitrogens is 2. The Kier molecular flexibility index (Phi) is 6.06. The second-order valence-corrected chi connectivity index (χ2v) is 8.21. The van der Waals surface area contributed by atoms with Crippen LogP contribution in [0.5, 0.6) is 0 Å². The SMILES string of the molecule is O=C(Cn1nc2c(c1NC(=O)c1cccc(Cl)c1)CSC2)NCc1ccc(F)cc1. The summed E-state index contributed by atoms with van der Waals surface area (Å²) in [6, 6.07) is 12.6. The van der Waals surface area contributed by atoms with Gasteiger partial charge in [0, 0.05) is 34.2 Å². The molecule has 1 aliphatic heterocycles. The Bertz CT molecular complexity index is 1100. The molecule has 0 atom stereocenters. The smallest absolute Gasteiger partial charge is 0.256 e. The molecule has 0 unspecified atom stereocenters. The fraction of sp³-hybridized carbons (Fsp3) is 0.190. The number of carbonyl (C=O) groups is 2. The molecule has 0 aliphatic carbocycles. The van der Waals surface area contributed by atoms with Crippen LogP contribution < -0.4 is 10.6 Å². The molecular weight excluding hydrogens is 427 g/mol. The highest BCUT2D eigenvalue weighted by Crippen LogP contribution is 2.35. The van der Waals surface area contributed by atoms with Gasteiger partial charge in [0.05, 0.1) is 5.69 Å². The lowest BCUT2D eigenvalue weighted by atomic mass is 10.2. The molecule has 2 heterocycles. The van der Waals surface area contributed by atoms with Gasteiger partial charge in [-0.05, 0) is 35.9 Å². The first-order chi connectivity index (χ1) is 14.5. The van der Waals surface area contributed by atoms with Crippen LogP contribution in [0, 0.1) is 5.82 Å². The van der Waals surface area contributed by atoms with Crippen molar-refractivity contribution in [3.8, 4) is 0 Å². The Hall–Kier alpha value is -2.84. The molecule has 0 bridgehead atoms. The van der Waals surface area contributed by atoms with Crippen LogP contribution in [0.4, 0.5) is 10.2 Å². The number of carbonyl (C=O) groups excluding carboxylic acids is 2. The second-order valence-electron chi connectivity index (χ2n) is 6.79. The van der Waals surface area contributed by atoms with Crippen molar-refractivity contribution in [2.75, 3.05) is 5.32 Å². The molecule has 3 aromatic rings. The zero-order valence-electron chi connectivity index (χ0n) is 15.8. The van der Waals surface area contributed by atoms with Crippen LogP contribution >= 0.6 is 23.4 Å². The number of nitrogens with one attached hydrogen (secondary N) is 2. The van der Waals surface area contributed by atoms with E-state index in [2.05, 4.69) is 15.7 Å². The van der Waals surface area contributed by atoms with Crippen molar-refractivity contribution < 1.29 is 14.0 Å². The van der Waals surface area contributed by atoms with Gasteiger partial charge in [0.25, 0.3) is 5.91 Å². The summed E-state index contributed by atoms with van der Waals surface area (Å²) in [4.78, 5) is 25.1. The monoisotopic (exact) mass is 444 g/mol. The van der Waals surface area contributed by atoms with Crippen molar-refractivity contribution in [1.82, 2.24) is 15.1 Å². The molecule has 0 fully saturated rings. The van der Waals surface area contributed by atoms with Crippen LogP contribution in [0.2, 0.25) is 5.02 Å². The lowest BCUT2D eigenvalue weighted by Crippen LogP contribution is -2.28. The number of hydrogen-bond donors (Lipinski definition) is 2. The Morgan fingerprint density at radius 3 is 2.73 bits per heavy atom. The Labute approximate surface area is 181 Å². The van der Waals surface area contributed by atoms with E-state index in [0.717, 1.165) is 28.3 Å². The van der Waals surface area contributed by atoms with E-state index in [1.54, 1.807) is 48.2 Å². The Morgan fingerprint density at radius 2 is 1.97 bits per heavy atom.